The van der Waals surface area contributed by atoms with Gasteiger partial charge in [0.1, 0.15) is 5.75 Å². The molecule has 3 rings (SSSR count). The van der Waals surface area contributed by atoms with Crippen molar-refractivity contribution < 1.29 is 4.74 Å². The lowest BCUT2D eigenvalue weighted by molar-refractivity contribution is 0.210. The Morgan fingerprint density at radius 1 is 1.42 bits per heavy atom. The highest BCUT2D eigenvalue weighted by Crippen LogP contribution is 2.44. The van der Waals surface area contributed by atoms with Crippen molar-refractivity contribution in [2.75, 3.05) is 13.7 Å². The summed E-state index contributed by atoms with van der Waals surface area (Å²) < 4.78 is 7.54. The highest BCUT2D eigenvalue weighted by Gasteiger charge is 2.34. The molecular weight excluding hydrogens is 300 g/mol. The van der Waals surface area contributed by atoms with Gasteiger partial charge in [0, 0.05) is 50.0 Å². The van der Waals surface area contributed by atoms with Crippen LogP contribution in [0.2, 0.25) is 0 Å². The van der Waals surface area contributed by atoms with Crippen LogP contribution in [0.3, 0.4) is 0 Å². The van der Waals surface area contributed by atoms with Crippen molar-refractivity contribution >= 4 is 0 Å². The molecule has 0 saturated heterocycles. The summed E-state index contributed by atoms with van der Waals surface area (Å²) >= 11 is 0. The van der Waals surface area contributed by atoms with E-state index in [2.05, 4.69) is 43.0 Å². The number of nitrogens with two attached hydrogens (primary N) is 1. The predicted octanol–water partition coefficient (Wildman–Crippen LogP) is 2.88. The summed E-state index contributed by atoms with van der Waals surface area (Å²) in [5.41, 5.74) is 12.8. The lowest BCUT2D eigenvalue weighted by Crippen LogP contribution is -2.28. The second-order valence-electron chi connectivity index (χ2n) is 7.04. The van der Waals surface area contributed by atoms with Gasteiger partial charge in [-0.2, -0.15) is 5.10 Å². The van der Waals surface area contributed by atoms with Gasteiger partial charge in [-0.3, -0.25) is 9.58 Å². The first-order chi connectivity index (χ1) is 11.5. The molecule has 1 aliphatic heterocycles. The summed E-state index contributed by atoms with van der Waals surface area (Å²) in [5, 5.41) is 4.29. The largest absolute Gasteiger partial charge is 0.496 e. The molecule has 1 aliphatic rings. The summed E-state index contributed by atoms with van der Waals surface area (Å²) in [4.78, 5) is 2.46. The Morgan fingerprint density at radius 3 is 2.71 bits per heavy atom. The number of aromatic nitrogens is 2. The van der Waals surface area contributed by atoms with Gasteiger partial charge in [0.15, 0.2) is 0 Å². The molecule has 0 bridgehead atoms. The summed E-state index contributed by atoms with van der Waals surface area (Å²) in [5.74, 6) is 1.39. The first-order valence-electron chi connectivity index (χ1n) is 8.58. The third-order valence-electron chi connectivity index (χ3n) is 5.00. The van der Waals surface area contributed by atoms with Crippen molar-refractivity contribution in [1.29, 1.82) is 0 Å². The minimum absolute atomic E-state index is 0.228. The molecule has 0 fully saturated rings. The summed E-state index contributed by atoms with van der Waals surface area (Å²) in [6, 6.07) is 2.40. The normalized spacial score (nSPS) is 17.5. The van der Waals surface area contributed by atoms with Crippen molar-refractivity contribution in [3.8, 4) is 5.75 Å². The molecule has 0 aliphatic carbocycles. The summed E-state index contributed by atoms with van der Waals surface area (Å²) in [6.45, 7) is 9.03. The number of hydrogen-bond acceptors (Lipinski definition) is 4. The fourth-order valence-corrected chi connectivity index (χ4v) is 3.94. The molecule has 1 aromatic heterocycles. The maximum atomic E-state index is 6.21. The number of hydrogen-bond donors (Lipinski definition) is 1. The van der Waals surface area contributed by atoms with Crippen LogP contribution in [-0.4, -0.2) is 28.3 Å². The first kappa shape index (κ1) is 17.0. The third-order valence-corrected chi connectivity index (χ3v) is 5.00. The Kier molecular flexibility index (Phi) is 4.65. The fraction of sp³-hybridized carbons (Fsp3) is 0.526. The summed E-state index contributed by atoms with van der Waals surface area (Å²) in [7, 11) is 3.71. The van der Waals surface area contributed by atoms with Crippen molar-refractivity contribution in [1.82, 2.24) is 14.7 Å². The van der Waals surface area contributed by atoms with Gasteiger partial charge < -0.3 is 10.5 Å². The van der Waals surface area contributed by atoms with E-state index < -0.39 is 0 Å². The number of rotatable bonds is 5. The van der Waals surface area contributed by atoms with Crippen LogP contribution in [0, 0.1) is 6.92 Å². The van der Waals surface area contributed by atoms with Gasteiger partial charge in [0.05, 0.1) is 13.3 Å². The Labute approximate surface area is 144 Å². The lowest BCUT2D eigenvalue weighted by atomic mass is 9.88. The first-order valence-corrected chi connectivity index (χ1v) is 8.58. The van der Waals surface area contributed by atoms with E-state index in [1.54, 1.807) is 7.11 Å². The van der Waals surface area contributed by atoms with Gasteiger partial charge in [-0.15, -0.1) is 0 Å². The fourth-order valence-electron chi connectivity index (χ4n) is 3.94. The highest BCUT2D eigenvalue weighted by molar-refractivity contribution is 5.54. The number of methoxy groups -OCH3 is 1. The van der Waals surface area contributed by atoms with Gasteiger partial charge in [-0.1, -0.05) is 13.8 Å². The molecule has 130 valence electrons. The monoisotopic (exact) mass is 328 g/mol. The van der Waals surface area contributed by atoms with Gasteiger partial charge in [0.2, 0.25) is 0 Å². The standard InChI is InChI=1S/C19H28N4O/c1-12(2)18-17(24-5)6-13(3)15-11-23(16(7-20)19(15)18)10-14-8-21-22(4)9-14/h6,8-9,12,16H,7,10-11,20H2,1-5H3. The van der Waals surface area contributed by atoms with Gasteiger partial charge in [0.25, 0.3) is 0 Å². The number of benzene rings is 1. The zero-order valence-electron chi connectivity index (χ0n) is 15.3. The molecule has 0 radical (unpaired) electrons. The molecular formula is C19H28N4O. The molecule has 24 heavy (non-hydrogen) atoms. The van der Waals surface area contributed by atoms with Crippen LogP contribution in [0.1, 0.15) is 53.6 Å². The van der Waals surface area contributed by atoms with E-state index in [4.69, 9.17) is 10.5 Å². The van der Waals surface area contributed by atoms with E-state index in [0.29, 0.717) is 12.5 Å². The maximum Gasteiger partial charge on any atom is 0.122 e. The van der Waals surface area contributed by atoms with Crippen molar-refractivity contribution in [2.45, 2.75) is 45.8 Å². The predicted molar refractivity (Wildman–Crippen MR) is 96.1 cm³/mol. The Hall–Kier alpha value is -1.85. The molecule has 0 spiro atoms. The topological polar surface area (TPSA) is 56.3 Å². The quantitative estimate of drug-likeness (QED) is 0.917. The van der Waals surface area contributed by atoms with E-state index in [9.17, 15) is 0 Å². The number of nitrogens with zero attached hydrogens (tertiary/aromatic N) is 3. The van der Waals surface area contributed by atoms with E-state index in [1.165, 1.54) is 27.8 Å². The molecule has 0 saturated carbocycles. The Bertz CT molecular complexity index is 735. The zero-order valence-corrected chi connectivity index (χ0v) is 15.3. The van der Waals surface area contributed by atoms with Crippen LogP contribution in [0.4, 0.5) is 0 Å². The second kappa shape index (κ2) is 6.57. The summed E-state index contributed by atoms with van der Waals surface area (Å²) in [6.07, 6.45) is 4.01. The van der Waals surface area contributed by atoms with Crippen LogP contribution in [-0.2, 0) is 20.1 Å². The van der Waals surface area contributed by atoms with Crippen LogP contribution >= 0.6 is 0 Å². The van der Waals surface area contributed by atoms with Gasteiger partial charge in [-0.05, 0) is 35.6 Å². The number of ether oxygens (including phenoxy) is 1. The van der Waals surface area contributed by atoms with E-state index >= 15 is 0 Å². The van der Waals surface area contributed by atoms with E-state index in [1.807, 2.05) is 17.9 Å². The average molecular weight is 328 g/mol. The van der Waals surface area contributed by atoms with E-state index in [-0.39, 0.29) is 6.04 Å². The Balaban J connectivity index is 2.04. The van der Waals surface area contributed by atoms with Gasteiger partial charge >= 0.3 is 0 Å². The average Bonchev–Trinajstić information content (AvgIpc) is 3.10. The molecule has 2 N–H and O–H groups in total. The highest BCUT2D eigenvalue weighted by atomic mass is 16.5. The maximum absolute atomic E-state index is 6.21. The molecule has 5 heteroatoms. The van der Waals surface area contributed by atoms with Crippen molar-refractivity contribution in [2.24, 2.45) is 12.8 Å². The molecule has 2 aromatic rings. The molecule has 2 heterocycles. The van der Waals surface area contributed by atoms with Gasteiger partial charge in [-0.25, -0.2) is 0 Å². The lowest BCUT2D eigenvalue weighted by Gasteiger charge is -2.26. The van der Waals surface area contributed by atoms with Crippen LogP contribution in [0.25, 0.3) is 0 Å². The smallest absolute Gasteiger partial charge is 0.122 e. The molecule has 1 unspecified atom stereocenters. The third kappa shape index (κ3) is 2.82. The number of fused-ring (bicyclic) bond motifs is 1. The van der Waals surface area contributed by atoms with Crippen LogP contribution in [0.5, 0.6) is 5.75 Å². The molecule has 5 nitrogen and oxygen atoms in total. The Morgan fingerprint density at radius 2 is 2.17 bits per heavy atom. The molecule has 0 amide bonds. The molecule has 1 aromatic carbocycles. The van der Waals surface area contributed by atoms with E-state index in [0.717, 1.165) is 18.8 Å². The SMILES string of the molecule is COc1cc(C)c2c(c1C(C)C)C(CN)N(Cc1cnn(C)c1)C2. The minimum Gasteiger partial charge on any atom is -0.496 e. The minimum atomic E-state index is 0.228. The van der Waals surface area contributed by atoms with Crippen LogP contribution < -0.4 is 10.5 Å². The van der Waals surface area contributed by atoms with Crippen molar-refractivity contribution in [3.63, 3.8) is 0 Å². The zero-order chi connectivity index (χ0) is 17.4. The molecule has 1 atom stereocenters. The van der Waals surface area contributed by atoms with Crippen molar-refractivity contribution in [3.05, 3.63) is 46.3 Å². The second-order valence-corrected chi connectivity index (χ2v) is 7.04. The van der Waals surface area contributed by atoms with Crippen LogP contribution in [0.15, 0.2) is 18.5 Å². The number of aryl methyl sites for hydroxylation is 2.